The van der Waals surface area contributed by atoms with Gasteiger partial charge in [-0.3, -0.25) is 14.2 Å². The molecule has 0 bridgehead atoms. The Kier molecular flexibility index (Phi) is 10.9. The number of nitrogens with one attached hydrogen (secondary N) is 1. The lowest BCUT2D eigenvalue weighted by Gasteiger charge is -2.36. The topological polar surface area (TPSA) is 162 Å². The predicted octanol–water partition coefficient (Wildman–Crippen LogP) is 2.42. The maximum Gasteiger partial charge on any atom is 0.409 e. The first-order valence-electron chi connectivity index (χ1n) is 15.6. The summed E-state index contributed by atoms with van der Waals surface area (Å²) >= 11 is 0. The highest BCUT2D eigenvalue weighted by atomic mass is 31.2. The standard InChI is InChI=1S/C33H40N5O8P/c1-3-46-33(41)37-17-15-36(16-18-37)32(40)30(19-23-9-11-27(12-10-23)47(42,43)44)35-31(39)29-21-25(38-14-13-26(22-38)45-2)20-28(34-29)24-7-5-4-6-8-24/h4-12,20-21,26,30H,3,13-19,22H2,1-2H3,(H,35,39)(H2,42,43,44)/t26-,30-/m0/s1. The molecule has 2 aliphatic rings. The molecule has 47 heavy (non-hydrogen) atoms. The van der Waals surface area contributed by atoms with Crippen LogP contribution in [0.1, 0.15) is 29.4 Å². The predicted molar refractivity (Wildman–Crippen MR) is 176 cm³/mol. The Morgan fingerprint density at radius 1 is 0.979 bits per heavy atom. The number of hydrogen-bond donors (Lipinski definition) is 3. The molecular weight excluding hydrogens is 625 g/mol. The van der Waals surface area contributed by atoms with Gasteiger partial charge in [0.15, 0.2) is 0 Å². The van der Waals surface area contributed by atoms with E-state index in [-0.39, 0.29) is 62.2 Å². The fourth-order valence-corrected chi connectivity index (χ4v) is 6.30. The molecule has 2 fully saturated rings. The summed E-state index contributed by atoms with van der Waals surface area (Å²) in [7, 11) is -2.77. The molecule has 3 heterocycles. The molecule has 2 aliphatic heterocycles. The second kappa shape index (κ2) is 15.1. The van der Waals surface area contributed by atoms with Crippen molar-refractivity contribution in [1.29, 1.82) is 0 Å². The highest BCUT2D eigenvalue weighted by Gasteiger charge is 2.32. The van der Waals surface area contributed by atoms with Crippen molar-refractivity contribution < 1.29 is 38.2 Å². The number of carbonyl (C=O) groups excluding carboxylic acids is 3. The van der Waals surface area contributed by atoms with E-state index in [9.17, 15) is 28.7 Å². The lowest BCUT2D eigenvalue weighted by molar-refractivity contribution is -0.134. The number of hydrogen-bond acceptors (Lipinski definition) is 8. The Hall–Kier alpha value is -4.29. The molecule has 13 nitrogen and oxygen atoms in total. The lowest BCUT2D eigenvalue weighted by Crippen LogP contribution is -2.56. The summed E-state index contributed by atoms with van der Waals surface area (Å²) in [6, 6.07) is 17.9. The number of rotatable bonds is 10. The summed E-state index contributed by atoms with van der Waals surface area (Å²) in [5.74, 6) is -0.885. The van der Waals surface area contributed by atoms with Crippen LogP contribution in [0.25, 0.3) is 11.3 Å². The molecule has 2 aromatic carbocycles. The number of piperazine rings is 1. The van der Waals surface area contributed by atoms with Gasteiger partial charge in [-0.2, -0.15) is 0 Å². The number of anilines is 1. The smallest absolute Gasteiger partial charge is 0.409 e. The van der Waals surface area contributed by atoms with Crippen LogP contribution < -0.4 is 15.5 Å². The monoisotopic (exact) mass is 665 g/mol. The molecule has 2 saturated heterocycles. The summed E-state index contributed by atoms with van der Waals surface area (Å²) in [6.45, 7) is 4.46. The number of pyridine rings is 1. The van der Waals surface area contributed by atoms with Crippen molar-refractivity contribution in [3.63, 3.8) is 0 Å². The minimum Gasteiger partial charge on any atom is -0.450 e. The van der Waals surface area contributed by atoms with E-state index < -0.39 is 25.6 Å². The molecule has 2 atom stereocenters. The molecular formula is C33H40N5O8P. The molecule has 5 rings (SSSR count). The van der Waals surface area contributed by atoms with Gasteiger partial charge in [-0.1, -0.05) is 42.5 Å². The summed E-state index contributed by atoms with van der Waals surface area (Å²) in [5, 5.41) is 2.76. The number of amides is 3. The average molecular weight is 666 g/mol. The minimum atomic E-state index is -4.45. The molecule has 1 aromatic heterocycles. The summed E-state index contributed by atoms with van der Waals surface area (Å²) < 4.78 is 22.4. The Labute approximate surface area is 273 Å². The number of nitrogens with zero attached hydrogens (tertiary/aromatic N) is 4. The summed E-state index contributed by atoms with van der Waals surface area (Å²) in [6.07, 6.45) is 0.548. The second-order valence-electron chi connectivity index (χ2n) is 11.5. The van der Waals surface area contributed by atoms with Crippen LogP contribution in [0.2, 0.25) is 0 Å². The minimum absolute atomic E-state index is 0.0664. The zero-order chi connectivity index (χ0) is 33.6. The van der Waals surface area contributed by atoms with E-state index >= 15 is 0 Å². The fourth-order valence-electron chi connectivity index (χ4n) is 5.77. The zero-order valence-corrected chi connectivity index (χ0v) is 27.3. The van der Waals surface area contributed by atoms with Crippen LogP contribution in [-0.2, 0) is 25.3 Å². The van der Waals surface area contributed by atoms with Crippen molar-refractivity contribution in [3.05, 3.63) is 78.0 Å². The van der Waals surface area contributed by atoms with Crippen LogP contribution in [0.4, 0.5) is 10.5 Å². The highest BCUT2D eigenvalue weighted by molar-refractivity contribution is 7.60. The van der Waals surface area contributed by atoms with Gasteiger partial charge in [0.1, 0.15) is 11.7 Å². The lowest BCUT2D eigenvalue weighted by atomic mass is 10.0. The second-order valence-corrected chi connectivity index (χ2v) is 13.1. The van der Waals surface area contributed by atoms with Crippen LogP contribution >= 0.6 is 7.60 Å². The van der Waals surface area contributed by atoms with Gasteiger partial charge in [0.25, 0.3) is 5.91 Å². The van der Waals surface area contributed by atoms with E-state index in [2.05, 4.69) is 10.2 Å². The van der Waals surface area contributed by atoms with E-state index in [4.69, 9.17) is 14.5 Å². The molecule has 250 valence electrons. The van der Waals surface area contributed by atoms with E-state index in [0.717, 1.165) is 24.2 Å². The van der Waals surface area contributed by atoms with Gasteiger partial charge in [-0.15, -0.1) is 0 Å². The number of methoxy groups -OCH3 is 1. The third-order valence-electron chi connectivity index (χ3n) is 8.39. The van der Waals surface area contributed by atoms with E-state index in [1.807, 2.05) is 36.4 Å². The van der Waals surface area contributed by atoms with Gasteiger partial charge in [0.2, 0.25) is 5.91 Å². The number of ether oxygens (including phenoxy) is 2. The fraction of sp³-hybridized carbons (Fsp3) is 0.394. The summed E-state index contributed by atoms with van der Waals surface area (Å²) in [4.78, 5) is 69.1. The Bertz CT molecular complexity index is 1610. The van der Waals surface area contributed by atoms with Gasteiger partial charge < -0.3 is 39.3 Å². The molecule has 3 aromatic rings. The van der Waals surface area contributed by atoms with Gasteiger partial charge >= 0.3 is 13.7 Å². The Balaban J connectivity index is 1.42. The van der Waals surface area contributed by atoms with Crippen LogP contribution in [0, 0.1) is 0 Å². The maximum absolute atomic E-state index is 13.9. The van der Waals surface area contributed by atoms with Gasteiger partial charge in [-0.05, 0) is 43.2 Å². The summed E-state index contributed by atoms with van der Waals surface area (Å²) in [5.41, 5.74) is 3.00. The van der Waals surface area contributed by atoms with Crippen molar-refractivity contribution >= 4 is 36.5 Å². The number of benzene rings is 2. The highest BCUT2D eigenvalue weighted by Crippen LogP contribution is 2.33. The number of aromatic nitrogens is 1. The normalized spacial score (nSPS) is 17.4. The molecule has 3 amide bonds. The largest absolute Gasteiger partial charge is 0.450 e. The average Bonchev–Trinajstić information content (AvgIpc) is 3.57. The molecule has 3 N–H and O–H groups in total. The zero-order valence-electron chi connectivity index (χ0n) is 26.4. The Morgan fingerprint density at radius 2 is 1.66 bits per heavy atom. The quantitative estimate of drug-likeness (QED) is 0.274. The van der Waals surface area contributed by atoms with Crippen molar-refractivity contribution in [2.45, 2.75) is 31.9 Å². The maximum atomic E-state index is 13.9. The third-order valence-corrected chi connectivity index (χ3v) is 9.36. The van der Waals surface area contributed by atoms with Gasteiger partial charge in [0.05, 0.1) is 23.7 Å². The van der Waals surface area contributed by atoms with E-state index in [1.54, 1.807) is 25.0 Å². The van der Waals surface area contributed by atoms with Crippen LogP contribution in [0.5, 0.6) is 0 Å². The molecule has 0 unspecified atom stereocenters. The first-order valence-corrected chi connectivity index (χ1v) is 17.2. The van der Waals surface area contributed by atoms with Crippen molar-refractivity contribution in [2.75, 3.05) is 57.9 Å². The Morgan fingerprint density at radius 3 is 2.28 bits per heavy atom. The molecule has 0 spiro atoms. The molecule has 0 radical (unpaired) electrons. The SMILES string of the molecule is CCOC(=O)N1CCN(C(=O)[C@H](Cc2ccc(P(=O)(O)O)cc2)NC(=O)c2cc(N3CC[C@H](OC)C3)cc(-c3ccccc3)n2)CC1. The number of carbonyl (C=O) groups is 3. The molecule has 0 aliphatic carbocycles. The van der Waals surface area contributed by atoms with Crippen LogP contribution in [-0.4, -0.2) is 108 Å². The molecule has 14 heteroatoms. The third kappa shape index (κ3) is 8.55. The van der Waals surface area contributed by atoms with E-state index in [1.165, 1.54) is 29.2 Å². The van der Waals surface area contributed by atoms with Crippen molar-refractivity contribution in [3.8, 4) is 11.3 Å². The molecule has 0 saturated carbocycles. The van der Waals surface area contributed by atoms with Crippen molar-refractivity contribution in [1.82, 2.24) is 20.1 Å². The first-order chi connectivity index (χ1) is 22.5. The van der Waals surface area contributed by atoms with Crippen LogP contribution in [0.15, 0.2) is 66.7 Å². The first kappa shape index (κ1) is 34.1. The van der Waals surface area contributed by atoms with Crippen molar-refractivity contribution in [2.24, 2.45) is 0 Å². The van der Waals surface area contributed by atoms with Crippen LogP contribution in [0.3, 0.4) is 0 Å². The van der Waals surface area contributed by atoms with E-state index in [0.29, 0.717) is 17.8 Å². The van der Waals surface area contributed by atoms with Gasteiger partial charge in [-0.25, -0.2) is 9.78 Å². The van der Waals surface area contributed by atoms with Gasteiger partial charge in [0, 0.05) is 64.0 Å².